The molecule has 0 spiro atoms. The maximum absolute atomic E-state index is 14.3. The lowest BCUT2D eigenvalue weighted by molar-refractivity contribution is -0.146. The molecule has 3 aromatic heterocycles. The van der Waals surface area contributed by atoms with Gasteiger partial charge in [0.05, 0.1) is 49.2 Å². The molecular weight excluding hydrogens is 602 g/mol. The summed E-state index contributed by atoms with van der Waals surface area (Å²) >= 11 is 1.20. The number of thiophene rings is 1. The monoisotopic (exact) mass is 639 g/mol. The SMILES string of the molecule is COCCOc1ccccc1C(Cn1c(=O)n(C(C)(C)C(=O)O)c(=O)c2c(C)c(-n3nccn3)sc21)OC1C[C@H]2CC[C@@H](C1)O2. The summed E-state index contributed by atoms with van der Waals surface area (Å²) < 4.78 is 26.5. The number of hydrogen-bond donors (Lipinski definition) is 1. The Hall–Kier alpha value is -3.85. The van der Waals surface area contributed by atoms with Crippen LogP contribution in [0.4, 0.5) is 0 Å². The van der Waals surface area contributed by atoms with Crippen molar-refractivity contribution < 1.29 is 28.8 Å². The molecule has 14 heteroatoms. The number of para-hydroxylation sites is 1. The zero-order chi connectivity index (χ0) is 31.9. The number of ether oxygens (including phenoxy) is 4. The molecule has 0 amide bonds. The van der Waals surface area contributed by atoms with Crippen LogP contribution in [0.15, 0.2) is 46.2 Å². The van der Waals surface area contributed by atoms with Gasteiger partial charge in [-0.2, -0.15) is 10.2 Å². The highest BCUT2D eigenvalue weighted by molar-refractivity contribution is 7.21. The van der Waals surface area contributed by atoms with Crippen LogP contribution in [0.2, 0.25) is 0 Å². The number of hydrogen-bond acceptors (Lipinski definition) is 10. The molecular formula is C31H37N5O8S. The van der Waals surface area contributed by atoms with Crippen LogP contribution in [-0.4, -0.2) is 73.8 Å². The minimum absolute atomic E-state index is 0.00537. The Balaban J connectivity index is 1.53. The van der Waals surface area contributed by atoms with Crippen LogP contribution in [-0.2, 0) is 31.1 Å². The van der Waals surface area contributed by atoms with E-state index in [1.54, 1.807) is 14.0 Å². The van der Waals surface area contributed by atoms with Gasteiger partial charge in [-0.25, -0.2) is 14.2 Å². The van der Waals surface area contributed by atoms with Crippen molar-refractivity contribution in [2.24, 2.45) is 0 Å². The van der Waals surface area contributed by atoms with Crippen LogP contribution in [0.5, 0.6) is 5.75 Å². The molecule has 0 aliphatic carbocycles. The molecule has 2 bridgehead atoms. The number of carboxylic acids is 1. The summed E-state index contributed by atoms with van der Waals surface area (Å²) in [6.07, 6.45) is 5.90. The fraction of sp³-hybridized carbons (Fsp3) is 0.516. The molecule has 2 fully saturated rings. The minimum Gasteiger partial charge on any atom is -0.491 e. The van der Waals surface area contributed by atoms with Gasteiger partial charge in [-0.15, -0.1) is 4.80 Å². The van der Waals surface area contributed by atoms with Crippen LogP contribution < -0.4 is 16.0 Å². The van der Waals surface area contributed by atoms with Gasteiger partial charge >= 0.3 is 11.7 Å². The number of carboxylic acid groups (broad SMARTS) is 1. The maximum atomic E-state index is 14.3. The highest BCUT2D eigenvalue weighted by Gasteiger charge is 2.39. The summed E-state index contributed by atoms with van der Waals surface area (Å²) in [6.45, 7) is 5.13. The Kier molecular flexibility index (Phi) is 8.66. The highest BCUT2D eigenvalue weighted by Crippen LogP contribution is 2.39. The standard InChI is InChI=1S/C31H37N5O8S/c1-18-25-26(37)35(31(2,3)29(38)39)30(40)34(28(25)45-27(18)36-32-11-12-33-36)17-24(44-21-15-19-9-10-20(16-21)43-19)22-7-5-6-8-23(22)42-14-13-41-4/h5-8,11-12,19-21,24H,9-10,13-17H2,1-4H3,(H,38,39)/t19-,20+,21?,24?. The zero-order valence-electron chi connectivity index (χ0n) is 25.7. The summed E-state index contributed by atoms with van der Waals surface area (Å²) in [5.74, 6) is -0.723. The Morgan fingerprint density at radius 2 is 1.82 bits per heavy atom. The lowest BCUT2D eigenvalue weighted by atomic mass is 10.0. The Morgan fingerprint density at radius 3 is 2.49 bits per heavy atom. The first-order valence-corrected chi connectivity index (χ1v) is 15.8. The quantitative estimate of drug-likeness (QED) is 0.229. The smallest absolute Gasteiger partial charge is 0.333 e. The van der Waals surface area contributed by atoms with E-state index < -0.39 is 28.9 Å². The van der Waals surface area contributed by atoms with E-state index in [9.17, 15) is 19.5 Å². The van der Waals surface area contributed by atoms with Crippen molar-refractivity contribution in [3.05, 3.63) is 68.6 Å². The van der Waals surface area contributed by atoms with Crippen LogP contribution in [0.1, 0.15) is 56.8 Å². The molecule has 0 saturated carbocycles. The van der Waals surface area contributed by atoms with Gasteiger partial charge in [0.2, 0.25) is 0 Å². The third kappa shape index (κ3) is 5.83. The van der Waals surface area contributed by atoms with Crippen LogP contribution in [0.25, 0.3) is 15.2 Å². The van der Waals surface area contributed by atoms with Crippen molar-refractivity contribution in [2.75, 3.05) is 20.3 Å². The van der Waals surface area contributed by atoms with E-state index in [-0.39, 0.29) is 30.2 Å². The summed E-state index contributed by atoms with van der Waals surface area (Å²) in [4.78, 5) is 42.5. The number of nitrogens with zero attached hydrogens (tertiary/aromatic N) is 5. The maximum Gasteiger partial charge on any atom is 0.333 e. The molecule has 1 aromatic carbocycles. The molecule has 4 atom stereocenters. The molecule has 2 aliphatic rings. The van der Waals surface area contributed by atoms with Crippen molar-refractivity contribution in [1.82, 2.24) is 24.1 Å². The van der Waals surface area contributed by atoms with E-state index in [0.29, 0.717) is 34.4 Å². The van der Waals surface area contributed by atoms with Gasteiger partial charge in [0.25, 0.3) is 5.56 Å². The normalized spacial score (nSPS) is 20.5. The molecule has 4 aromatic rings. The third-order valence-electron chi connectivity index (χ3n) is 8.63. The average Bonchev–Trinajstić information content (AvgIpc) is 3.74. The topological polar surface area (TPSA) is 149 Å². The number of carbonyl (C=O) groups is 1. The Labute approximate surface area is 262 Å². The molecule has 45 heavy (non-hydrogen) atoms. The largest absolute Gasteiger partial charge is 0.491 e. The number of aliphatic carboxylic acids is 1. The van der Waals surface area contributed by atoms with E-state index in [0.717, 1.165) is 35.8 Å². The minimum atomic E-state index is -1.83. The van der Waals surface area contributed by atoms with Gasteiger partial charge < -0.3 is 24.1 Å². The molecule has 2 saturated heterocycles. The summed E-state index contributed by atoms with van der Waals surface area (Å²) in [6, 6.07) is 7.49. The van der Waals surface area contributed by atoms with E-state index >= 15 is 0 Å². The van der Waals surface area contributed by atoms with Crippen molar-refractivity contribution in [1.29, 1.82) is 0 Å². The second-order valence-corrected chi connectivity index (χ2v) is 13.0. The van der Waals surface area contributed by atoms with Gasteiger partial charge in [0, 0.05) is 18.2 Å². The van der Waals surface area contributed by atoms with Crippen molar-refractivity contribution in [3.8, 4) is 10.8 Å². The van der Waals surface area contributed by atoms with E-state index in [4.69, 9.17) is 18.9 Å². The Bertz CT molecular complexity index is 1800. The van der Waals surface area contributed by atoms with Crippen molar-refractivity contribution in [3.63, 3.8) is 0 Å². The first kappa shape index (κ1) is 31.1. The van der Waals surface area contributed by atoms with Crippen LogP contribution in [0, 0.1) is 6.92 Å². The molecule has 1 N–H and O–H groups in total. The van der Waals surface area contributed by atoms with Crippen LogP contribution >= 0.6 is 11.3 Å². The fourth-order valence-corrected chi connectivity index (χ4v) is 7.46. The van der Waals surface area contributed by atoms with Gasteiger partial charge in [0.15, 0.2) is 0 Å². The predicted molar refractivity (Wildman–Crippen MR) is 166 cm³/mol. The summed E-state index contributed by atoms with van der Waals surface area (Å²) in [7, 11) is 1.60. The molecule has 240 valence electrons. The molecule has 5 heterocycles. The van der Waals surface area contributed by atoms with Crippen molar-refractivity contribution >= 4 is 27.5 Å². The second kappa shape index (κ2) is 12.5. The number of aromatic nitrogens is 5. The lowest BCUT2D eigenvalue weighted by Gasteiger charge is -2.33. The van der Waals surface area contributed by atoms with Gasteiger partial charge in [-0.1, -0.05) is 29.5 Å². The molecule has 13 nitrogen and oxygen atoms in total. The predicted octanol–water partition coefficient (Wildman–Crippen LogP) is 3.43. The van der Waals surface area contributed by atoms with Crippen molar-refractivity contribution in [2.45, 2.75) is 83.0 Å². The first-order chi connectivity index (χ1) is 21.6. The second-order valence-electron chi connectivity index (χ2n) is 12.0. The number of methoxy groups -OCH3 is 1. The molecule has 2 unspecified atom stereocenters. The summed E-state index contributed by atoms with van der Waals surface area (Å²) in [5.41, 5.74) is -2.00. The van der Waals surface area contributed by atoms with Crippen LogP contribution in [0.3, 0.4) is 0 Å². The Morgan fingerprint density at radius 1 is 1.13 bits per heavy atom. The molecule has 0 radical (unpaired) electrons. The first-order valence-electron chi connectivity index (χ1n) is 15.0. The molecule has 6 rings (SSSR count). The van der Waals surface area contributed by atoms with Gasteiger partial charge in [-0.3, -0.25) is 9.36 Å². The molecule has 2 aliphatic heterocycles. The van der Waals surface area contributed by atoms with Gasteiger partial charge in [-0.05, 0) is 52.5 Å². The summed E-state index contributed by atoms with van der Waals surface area (Å²) in [5, 5.41) is 19.4. The highest BCUT2D eigenvalue weighted by atomic mass is 32.1. The lowest BCUT2D eigenvalue weighted by Crippen LogP contribution is -2.52. The van der Waals surface area contributed by atoms with E-state index in [1.165, 1.54) is 46.9 Å². The van der Waals surface area contributed by atoms with E-state index in [2.05, 4.69) is 10.2 Å². The average molecular weight is 640 g/mol. The number of rotatable bonds is 12. The zero-order valence-corrected chi connectivity index (χ0v) is 26.5. The number of fused-ring (bicyclic) bond motifs is 3. The number of aryl methyl sites for hydroxylation is 1. The van der Waals surface area contributed by atoms with E-state index in [1.807, 2.05) is 24.3 Å². The number of benzene rings is 1. The fourth-order valence-electron chi connectivity index (χ4n) is 6.24. The third-order valence-corrected chi connectivity index (χ3v) is 9.91. The van der Waals surface area contributed by atoms with Gasteiger partial charge in [0.1, 0.15) is 33.8 Å².